The Kier molecular flexibility index (Phi) is 8.41. The summed E-state index contributed by atoms with van der Waals surface area (Å²) in [5.74, 6) is 0. The number of hydrogen-bond acceptors (Lipinski definition) is 2. The molecule has 0 aliphatic heterocycles. The summed E-state index contributed by atoms with van der Waals surface area (Å²) in [6.45, 7) is 0. The Bertz CT molecular complexity index is 4550. The van der Waals surface area contributed by atoms with Crippen LogP contribution >= 0.6 is 0 Å². The molecule has 2 heteroatoms. The number of hydrogen-bond donors (Lipinski definition) is 0. The smallest absolute Gasteiger partial charge is 0.135 e. The van der Waals surface area contributed by atoms with E-state index in [2.05, 4.69) is 266 Å². The van der Waals surface area contributed by atoms with Crippen molar-refractivity contribution in [1.82, 2.24) is 0 Å². The molecule has 0 saturated carbocycles. The second kappa shape index (κ2) is 15.3. The third-order valence-corrected chi connectivity index (χ3v) is 16.2. The van der Waals surface area contributed by atoms with E-state index in [4.69, 9.17) is 4.42 Å². The Morgan fingerprint density at radius 2 is 0.767 bits per heavy atom. The lowest BCUT2D eigenvalue weighted by Crippen LogP contribution is -2.26. The average Bonchev–Trinajstić information content (AvgIpc) is 4.09. The maximum Gasteiger partial charge on any atom is 0.135 e. The maximum atomic E-state index is 6.48. The summed E-state index contributed by atoms with van der Waals surface area (Å²) in [4.78, 5) is 2.53. The number of nitrogens with zero attached hydrogens (tertiary/aromatic N) is 1. The Labute approximate surface area is 422 Å². The van der Waals surface area contributed by atoms with Gasteiger partial charge >= 0.3 is 0 Å². The Morgan fingerprint density at radius 1 is 0.260 bits per heavy atom. The van der Waals surface area contributed by atoms with Crippen LogP contribution in [0.25, 0.3) is 110 Å². The summed E-state index contributed by atoms with van der Waals surface area (Å²) in [7, 11) is 0. The van der Waals surface area contributed by atoms with Crippen LogP contribution in [0.1, 0.15) is 22.3 Å². The number of fused-ring (bicyclic) bond motifs is 20. The molecule has 16 rings (SSSR count). The summed E-state index contributed by atoms with van der Waals surface area (Å²) in [6, 6.07) is 97.1. The second-order valence-corrected chi connectivity index (χ2v) is 19.9. The van der Waals surface area contributed by atoms with E-state index in [9.17, 15) is 0 Å². The number of para-hydroxylation sites is 1. The summed E-state index contributed by atoms with van der Waals surface area (Å²) >= 11 is 0. The van der Waals surface area contributed by atoms with E-state index in [-0.39, 0.29) is 0 Å². The topological polar surface area (TPSA) is 16.4 Å². The van der Waals surface area contributed by atoms with Gasteiger partial charge in [-0.25, -0.2) is 0 Å². The van der Waals surface area contributed by atoms with Gasteiger partial charge in [0.05, 0.1) is 11.1 Å². The van der Waals surface area contributed by atoms with Crippen LogP contribution in [0.4, 0.5) is 17.1 Å². The van der Waals surface area contributed by atoms with Crippen LogP contribution in [0.3, 0.4) is 0 Å². The van der Waals surface area contributed by atoms with E-state index in [0.29, 0.717) is 0 Å². The molecule has 1 spiro atoms. The molecule has 1 aromatic heterocycles. The molecule has 2 nitrogen and oxygen atoms in total. The molecule has 1 heterocycles. The molecule has 0 saturated heterocycles. The van der Waals surface area contributed by atoms with Gasteiger partial charge in [-0.2, -0.15) is 0 Å². The van der Waals surface area contributed by atoms with Gasteiger partial charge in [0.1, 0.15) is 11.2 Å². The number of rotatable bonds is 5. The number of anilines is 3. The van der Waals surface area contributed by atoms with Crippen molar-refractivity contribution in [2.75, 3.05) is 4.90 Å². The van der Waals surface area contributed by atoms with Gasteiger partial charge in [-0.3, -0.25) is 0 Å². The first-order valence-corrected chi connectivity index (χ1v) is 25.3. The van der Waals surface area contributed by atoms with E-state index in [1.165, 1.54) is 98.7 Å². The van der Waals surface area contributed by atoms with Crippen molar-refractivity contribution in [1.29, 1.82) is 0 Å². The van der Waals surface area contributed by atoms with Crippen molar-refractivity contribution in [2.24, 2.45) is 0 Å². The molecule has 338 valence electrons. The minimum Gasteiger partial charge on any atom is -0.456 e. The zero-order valence-corrected chi connectivity index (χ0v) is 39.7. The van der Waals surface area contributed by atoms with Gasteiger partial charge in [-0.1, -0.05) is 200 Å². The van der Waals surface area contributed by atoms with Gasteiger partial charge in [0.2, 0.25) is 0 Å². The standard InChI is InChI=1S/C71H43NO/c1-2-16-46-39-47(30-29-44(46)15-1)45-31-34-49(35-32-45)72(50-36-37-55-53-19-4-3-17-51(53)52-18-5-6-20-54(52)61(55)41-50)68-43-67-62(42-60(68)48-33-38-70-63(40-48)59-24-10-14-28-69(59)73-70)58-23-9-13-27-66(58)71(67)64-25-11-7-21-56(64)57-22-8-12-26-65(57)71/h1-43H. The first kappa shape index (κ1) is 40.3. The molecule has 2 aliphatic rings. The van der Waals surface area contributed by atoms with Crippen LogP contribution in [0.2, 0.25) is 0 Å². The maximum absolute atomic E-state index is 6.48. The molecule has 0 bridgehead atoms. The molecule has 0 atom stereocenters. The Morgan fingerprint density at radius 3 is 1.45 bits per heavy atom. The van der Waals surface area contributed by atoms with E-state index >= 15 is 0 Å². The van der Waals surface area contributed by atoms with Crippen LogP contribution in [0.15, 0.2) is 265 Å². The largest absolute Gasteiger partial charge is 0.456 e. The fourth-order valence-electron chi connectivity index (χ4n) is 13.1. The molecule has 0 unspecified atom stereocenters. The molecule has 14 aromatic rings. The highest BCUT2D eigenvalue weighted by molar-refractivity contribution is 6.26. The predicted octanol–water partition coefficient (Wildman–Crippen LogP) is 19.3. The predicted molar refractivity (Wildman–Crippen MR) is 306 cm³/mol. The molecule has 0 N–H and O–H groups in total. The third kappa shape index (κ3) is 5.69. The zero-order valence-electron chi connectivity index (χ0n) is 39.7. The number of furan rings is 1. The van der Waals surface area contributed by atoms with Crippen molar-refractivity contribution < 1.29 is 4.42 Å². The SMILES string of the molecule is c1ccc2c(c1)-c1ccccc1C21c2ccccc2-c2cc(-c3ccc4oc5ccccc5c4c3)c(N(c3ccc(-c4ccc5ccccc5c4)cc3)c3ccc4c5ccccc5c5ccccc5c4c3)cc21. The van der Waals surface area contributed by atoms with Gasteiger partial charge < -0.3 is 9.32 Å². The molecule has 73 heavy (non-hydrogen) atoms. The summed E-state index contributed by atoms with van der Waals surface area (Å²) in [6.07, 6.45) is 0. The molecule has 0 fully saturated rings. The summed E-state index contributed by atoms with van der Waals surface area (Å²) in [5, 5.41) is 12.2. The van der Waals surface area contributed by atoms with Crippen molar-refractivity contribution >= 4 is 82.1 Å². The Balaban J connectivity index is 1.02. The minimum absolute atomic E-state index is 0.540. The van der Waals surface area contributed by atoms with E-state index < -0.39 is 5.41 Å². The molecular weight excluding hydrogens is 883 g/mol. The van der Waals surface area contributed by atoms with E-state index in [0.717, 1.165) is 50.1 Å². The fourth-order valence-corrected chi connectivity index (χ4v) is 13.1. The van der Waals surface area contributed by atoms with Crippen molar-refractivity contribution in [3.63, 3.8) is 0 Å². The van der Waals surface area contributed by atoms with Gasteiger partial charge in [0, 0.05) is 27.7 Å². The molecule has 13 aromatic carbocycles. The molecule has 0 radical (unpaired) electrons. The summed E-state index contributed by atoms with van der Waals surface area (Å²) < 4.78 is 6.48. The minimum atomic E-state index is -0.540. The van der Waals surface area contributed by atoms with Crippen molar-refractivity contribution in [3.8, 4) is 44.5 Å². The quantitative estimate of drug-likeness (QED) is 0.160. The van der Waals surface area contributed by atoms with Crippen LogP contribution in [-0.2, 0) is 5.41 Å². The van der Waals surface area contributed by atoms with Gasteiger partial charge in [-0.05, 0) is 165 Å². The zero-order chi connectivity index (χ0) is 47.8. The average molecular weight is 926 g/mol. The lowest BCUT2D eigenvalue weighted by atomic mass is 9.70. The highest BCUT2D eigenvalue weighted by Crippen LogP contribution is 2.64. The van der Waals surface area contributed by atoms with Gasteiger partial charge in [0.25, 0.3) is 0 Å². The number of benzene rings is 13. The van der Waals surface area contributed by atoms with Gasteiger partial charge in [0.15, 0.2) is 0 Å². The lowest BCUT2D eigenvalue weighted by molar-refractivity contribution is 0.669. The lowest BCUT2D eigenvalue weighted by Gasteiger charge is -2.33. The third-order valence-electron chi connectivity index (χ3n) is 16.2. The van der Waals surface area contributed by atoms with Gasteiger partial charge in [-0.15, -0.1) is 0 Å². The highest BCUT2D eigenvalue weighted by atomic mass is 16.3. The monoisotopic (exact) mass is 925 g/mol. The normalized spacial score (nSPS) is 13.0. The second-order valence-electron chi connectivity index (χ2n) is 19.9. The molecule has 0 amide bonds. The highest BCUT2D eigenvalue weighted by Gasteiger charge is 2.52. The first-order chi connectivity index (χ1) is 36.2. The van der Waals surface area contributed by atoms with E-state index in [1.807, 2.05) is 0 Å². The molecular formula is C71H43NO. The van der Waals surface area contributed by atoms with Crippen LogP contribution < -0.4 is 4.90 Å². The first-order valence-electron chi connectivity index (χ1n) is 25.3. The fraction of sp³-hybridized carbons (Fsp3) is 0.0141. The molecule has 2 aliphatic carbocycles. The van der Waals surface area contributed by atoms with E-state index in [1.54, 1.807) is 0 Å². The van der Waals surface area contributed by atoms with Crippen LogP contribution in [-0.4, -0.2) is 0 Å². The van der Waals surface area contributed by atoms with Crippen molar-refractivity contribution in [2.45, 2.75) is 5.41 Å². The van der Waals surface area contributed by atoms with Crippen molar-refractivity contribution in [3.05, 3.63) is 283 Å². The Hall–Kier alpha value is -9.50. The van der Waals surface area contributed by atoms with Crippen LogP contribution in [0.5, 0.6) is 0 Å². The van der Waals surface area contributed by atoms with Crippen LogP contribution in [0, 0.1) is 0 Å². The summed E-state index contributed by atoms with van der Waals surface area (Å²) in [5.41, 5.74) is 19.5.